The molecule has 2 atom stereocenters. The van der Waals surface area contributed by atoms with Crippen molar-refractivity contribution < 1.29 is 0 Å². The third kappa shape index (κ3) is 2.25. The molecule has 3 rings (SSSR count). The van der Waals surface area contributed by atoms with Gasteiger partial charge in [-0.05, 0) is 42.5 Å². The number of benzene rings is 1. The van der Waals surface area contributed by atoms with Gasteiger partial charge in [-0.15, -0.1) is 0 Å². The lowest BCUT2D eigenvalue weighted by Crippen LogP contribution is -2.46. The highest BCUT2D eigenvalue weighted by Crippen LogP contribution is 2.61. The van der Waals surface area contributed by atoms with Gasteiger partial charge in [-0.2, -0.15) is 15.8 Å². The fourth-order valence-electron chi connectivity index (χ4n) is 4.37. The van der Waals surface area contributed by atoms with Crippen LogP contribution in [0.1, 0.15) is 37.7 Å². The summed E-state index contributed by atoms with van der Waals surface area (Å²) in [4.78, 5) is 0. The van der Waals surface area contributed by atoms with Crippen molar-refractivity contribution in [2.75, 3.05) is 0 Å². The molecule has 2 aliphatic carbocycles. The van der Waals surface area contributed by atoms with Gasteiger partial charge in [-0.25, -0.2) is 0 Å². The molecular formula is C20H17ClN4. The number of fused-ring (bicyclic) bond motifs is 1. The molecule has 0 saturated heterocycles. The SMILES string of the molecule is C[C@@]12CCCC=C1C(C#N)(C#N)C(N)=C(C#N)[C@H]2c1ccc(Cl)cc1. The van der Waals surface area contributed by atoms with Gasteiger partial charge < -0.3 is 5.73 Å². The fraction of sp³-hybridized carbons (Fsp3) is 0.350. The Morgan fingerprint density at radius 1 is 1.16 bits per heavy atom. The summed E-state index contributed by atoms with van der Waals surface area (Å²) in [5.41, 5.74) is 6.21. The molecule has 0 bridgehead atoms. The number of nitriles is 3. The highest BCUT2D eigenvalue weighted by atomic mass is 35.5. The molecule has 1 aromatic rings. The molecule has 1 aromatic carbocycles. The van der Waals surface area contributed by atoms with Crippen molar-refractivity contribution in [1.29, 1.82) is 15.8 Å². The standard InChI is InChI=1S/C20H17ClN4/c1-19-9-3-2-4-16(19)20(11-23,12-24)18(25)15(10-22)17(19)13-5-7-14(21)8-6-13/h4-8,17H,2-3,9,25H2,1H3/t17-,19-/m1/s1. The summed E-state index contributed by atoms with van der Waals surface area (Å²) in [5, 5.41) is 30.1. The van der Waals surface area contributed by atoms with Gasteiger partial charge in [0.05, 0.1) is 29.5 Å². The molecule has 0 radical (unpaired) electrons. The summed E-state index contributed by atoms with van der Waals surface area (Å²) in [6.45, 7) is 2.03. The topological polar surface area (TPSA) is 97.4 Å². The van der Waals surface area contributed by atoms with Crippen LogP contribution in [0.5, 0.6) is 0 Å². The first-order valence-electron chi connectivity index (χ1n) is 8.14. The first-order chi connectivity index (χ1) is 11.9. The van der Waals surface area contributed by atoms with Crippen LogP contribution in [-0.4, -0.2) is 0 Å². The Labute approximate surface area is 152 Å². The number of allylic oxidation sites excluding steroid dienone is 3. The molecule has 0 heterocycles. The van der Waals surface area contributed by atoms with E-state index in [1.165, 1.54) is 0 Å². The van der Waals surface area contributed by atoms with E-state index in [1.807, 2.05) is 25.1 Å². The van der Waals surface area contributed by atoms with Crippen LogP contribution in [0, 0.1) is 44.8 Å². The molecule has 0 aromatic heterocycles. The minimum Gasteiger partial charge on any atom is -0.399 e. The number of hydrogen-bond acceptors (Lipinski definition) is 4. The zero-order valence-electron chi connectivity index (χ0n) is 13.9. The smallest absolute Gasteiger partial charge is 0.205 e. The van der Waals surface area contributed by atoms with Crippen molar-refractivity contribution in [2.45, 2.75) is 32.1 Å². The fourth-order valence-corrected chi connectivity index (χ4v) is 4.49. The number of rotatable bonds is 1. The van der Waals surface area contributed by atoms with Gasteiger partial charge in [0, 0.05) is 16.4 Å². The normalized spacial score (nSPS) is 27.3. The van der Waals surface area contributed by atoms with Crippen molar-refractivity contribution in [3.05, 3.63) is 57.8 Å². The maximum Gasteiger partial charge on any atom is 0.205 e. The highest BCUT2D eigenvalue weighted by molar-refractivity contribution is 6.30. The Kier molecular flexibility index (Phi) is 4.08. The lowest BCUT2D eigenvalue weighted by Gasteiger charge is -2.50. The molecule has 2 aliphatic rings. The number of nitrogens with zero attached hydrogens (tertiary/aromatic N) is 3. The van der Waals surface area contributed by atoms with Gasteiger partial charge in [-0.3, -0.25) is 0 Å². The van der Waals surface area contributed by atoms with E-state index in [1.54, 1.807) is 12.1 Å². The monoisotopic (exact) mass is 348 g/mol. The zero-order valence-corrected chi connectivity index (χ0v) is 14.6. The van der Waals surface area contributed by atoms with Crippen LogP contribution in [0.3, 0.4) is 0 Å². The zero-order chi connectivity index (χ0) is 18.2. The van der Waals surface area contributed by atoms with Crippen molar-refractivity contribution in [1.82, 2.24) is 0 Å². The van der Waals surface area contributed by atoms with Gasteiger partial charge in [0.15, 0.2) is 0 Å². The summed E-state index contributed by atoms with van der Waals surface area (Å²) in [7, 11) is 0. The summed E-state index contributed by atoms with van der Waals surface area (Å²) in [5.74, 6) is -0.295. The van der Waals surface area contributed by atoms with Crippen molar-refractivity contribution in [3.8, 4) is 18.2 Å². The van der Waals surface area contributed by atoms with E-state index in [9.17, 15) is 15.8 Å². The first kappa shape index (κ1) is 17.1. The lowest BCUT2D eigenvalue weighted by molar-refractivity contribution is 0.251. The quantitative estimate of drug-likeness (QED) is 0.764. The number of hydrogen-bond donors (Lipinski definition) is 1. The second-order valence-electron chi connectivity index (χ2n) is 6.82. The van der Waals surface area contributed by atoms with Gasteiger partial charge >= 0.3 is 0 Å². The molecule has 0 aliphatic heterocycles. The first-order valence-corrected chi connectivity index (χ1v) is 8.51. The Balaban J connectivity index is 2.37. The second-order valence-corrected chi connectivity index (χ2v) is 7.26. The molecule has 5 heteroatoms. The van der Waals surface area contributed by atoms with E-state index in [2.05, 4.69) is 18.2 Å². The number of halogens is 1. The van der Waals surface area contributed by atoms with Crippen LogP contribution in [-0.2, 0) is 0 Å². The van der Waals surface area contributed by atoms with Gasteiger partial charge in [0.25, 0.3) is 0 Å². The molecule has 124 valence electrons. The molecule has 25 heavy (non-hydrogen) atoms. The van der Waals surface area contributed by atoms with E-state index >= 15 is 0 Å². The Bertz CT molecular complexity index is 891. The molecule has 0 spiro atoms. The highest BCUT2D eigenvalue weighted by Gasteiger charge is 2.57. The molecule has 0 fully saturated rings. The van der Waals surface area contributed by atoms with Crippen LogP contribution in [0.2, 0.25) is 5.02 Å². The lowest BCUT2D eigenvalue weighted by atomic mass is 9.51. The average molecular weight is 349 g/mol. The van der Waals surface area contributed by atoms with E-state index < -0.39 is 10.8 Å². The molecular weight excluding hydrogens is 332 g/mol. The average Bonchev–Trinajstić information content (AvgIpc) is 2.62. The summed E-state index contributed by atoms with van der Waals surface area (Å²) < 4.78 is 0. The predicted octanol–water partition coefficient (Wildman–Crippen LogP) is 4.32. The molecule has 0 unspecified atom stereocenters. The van der Waals surface area contributed by atoms with E-state index in [-0.39, 0.29) is 11.6 Å². The van der Waals surface area contributed by atoms with Crippen LogP contribution >= 0.6 is 11.6 Å². The molecule has 0 amide bonds. The van der Waals surface area contributed by atoms with Crippen LogP contribution in [0.15, 0.2) is 47.2 Å². The minimum absolute atomic E-state index is 0.0607. The van der Waals surface area contributed by atoms with Crippen LogP contribution in [0.25, 0.3) is 0 Å². The Morgan fingerprint density at radius 2 is 1.80 bits per heavy atom. The van der Waals surface area contributed by atoms with E-state index in [0.717, 1.165) is 30.4 Å². The van der Waals surface area contributed by atoms with E-state index in [4.69, 9.17) is 17.3 Å². The molecule has 4 nitrogen and oxygen atoms in total. The maximum absolute atomic E-state index is 9.82. The molecule has 0 saturated carbocycles. The van der Waals surface area contributed by atoms with Crippen molar-refractivity contribution in [3.63, 3.8) is 0 Å². The minimum atomic E-state index is -1.57. The third-order valence-corrected chi connectivity index (χ3v) is 5.80. The van der Waals surface area contributed by atoms with Crippen molar-refractivity contribution in [2.24, 2.45) is 16.6 Å². The number of nitrogens with two attached hydrogens (primary N) is 1. The summed E-state index contributed by atoms with van der Waals surface area (Å²) >= 11 is 6.01. The maximum atomic E-state index is 9.82. The van der Waals surface area contributed by atoms with Crippen molar-refractivity contribution >= 4 is 11.6 Å². The largest absolute Gasteiger partial charge is 0.399 e. The van der Waals surface area contributed by atoms with Gasteiger partial charge in [0.2, 0.25) is 5.41 Å². The third-order valence-electron chi connectivity index (χ3n) is 5.55. The second kappa shape index (κ2) is 5.96. The Hall–Kier alpha value is -2.74. The Morgan fingerprint density at radius 3 is 2.36 bits per heavy atom. The predicted molar refractivity (Wildman–Crippen MR) is 94.7 cm³/mol. The summed E-state index contributed by atoms with van der Waals surface area (Å²) in [6, 6.07) is 13.7. The van der Waals surface area contributed by atoms with E-state index in [0.29, 0.717) is 10.6 Å². The van der Waals surface area contributed by atoms with Gasteiger partial charge in [-0.1, -0.05) is 36.7 Å². The van der Waals surface area contributed by atoms with Crippen LogP contribution < -0.4 is 5.73 Å². The van der Waals surface area contributed by atoms with Crippen LogP contribution in [0.4, 0.5) is 0 Å². The molecule has 2 N–H and O–H groups in total. The summed E-state index contributed by atoms with van der Waals surface area (Å²) in [6.07, 6.45) is 4.50. The van der Waals surface area contributed by atoms with Gasteiger partial charge in [0.1, 0.15) is 0 Å².